The van der Waals surface area contributed by atoms with Crippen LogP contribution in [0.4, 0.5) is 0 Å². The smallest absolute Gasteiger partial charge is 0.333 e. The fourth-order valence-electron chi connectivity index (χ4n) is 9.74. The van der Waals surface area contributed by atoms with Crippen LogP contribution in [0.25, 0.3) is 0 Å². The van der Waals surface area contributed by atoms with E-state index in [9.17, 15) is 24.6 Å². The molecule has 0 amide bonds. The molecule has 9 heteroatoms. The summed E-state index contributed by atoms with van der Waals surface area (Å²) >= 11 is 6.92. The molecule has 2 aliphatic heterocycles. The molecule has 4 fully saturated rings. The molecule has 4 aliphatic carbocycles. The number of hydrogen-bond acceptors (Lipinski definition) is 8. The van der Waals surface area contributed by atoms with Gasteiger partial charge in [-0.1, -0.05) is 25.5 Å². The van der Waals surface area contributed by atoms with Crippen molar-refractivity contribution in [2.45, 2.75) is 114 Å². The Morgan fingerprint density at radius 2 is 1.90 bits per heavy atom. The Bertz CT molecular complexity index is 1230. The monoisotopic (exact) mass is 562 g/mol. The zero-order valence-electron chi connectivity index (χ0n) is 23.5. The van der Waals surface area contributed by atoms with Crippen molar-refractivity contribution in [2.24, 2.45) is 28.6 Å². The fourth-order valence-corrected chi connectivity index (χ4v) is 10.2. The Labute approximate surface area is 234 Å². The lowest BCUT2D eigenvalue weighted by molar-refractivity contribution is -0.277. The van der Waals surface area contributed by atoms with Crippen LogP contribution in [-0.4, -0.2) is 68.4 Å². The van der Waals surface area contributed by atoms with Crippen LogP contribution in [0.3, 0.4) is 0 Å². The Morgan fingerprint density at radius 1 is 1.21 bits per heavy atom. The van der Waals surface area contributed by atoms with Crippen LogP contribution in [0, 0.1) is 28.6 Å². The van der Waals surface area contributed by atoms with Crippen molar-refractivity contribution in [1.29, 1.82) is 0 Å². The second-order valence-corrected chi connectivity index (χ2v) is 13.9. The molecule has 8 nitrogen and oxygen atoms in total. The van der Waals surface area contributed by atoms with Crippen molar-refractivity contribution in [3.63, 3.8) is 0 Å². The average molecular weight is 563 g/mol. The minimum Gasteiger partial charge on any atom is -0.458 e. The fraction of sp³-hybridized carbons (Fsp3) is 0.767. The highest BCUT2D eigenvalue weighted by molar-refractivity contribution is 6.22. The van der Waals surface area contributed by atoms with Gasteiger partial charge in [0, 0.05) is 30.3 Å². The number of carbonyl (C=O) groups is 3. The first-order valence-electron chi connectivity index (χ1n) is 14.1. The molecule has 0 spiro atoms. The van der Waals surface area contributed by atoms with Crippen LogP contribution in [0.2, 0.25) is 0 Å². The number of carbonyl (C=O) groups excluding carboxylic acids is 3. The molecule has 3 saturated carbocycles. The van der Waals surface area contributed by atoms with E-state index >= 15 is 0 Å². The maximum Gasteiger partial charge on any atom is 0.333 e. The van der Waals surface area contributed by atoms with Gasteiger partial charge < -0.3 is 24.4 Å². The number of hydrogen-bond donors (Lipinski definition) is 2. The van der Waals surface area contributed by atoms with Gasteiger partial charge in [0.05, 0.1) is 16.4 Å². The Kier molecular flexibility index (Phi) is 5.75. The van der Waals surface area contributed by atoms with Crippen molar-refractivity contribution in [1.82, 2.24) is 0 Å². The lowest BCUT2D eigenvalue weighted by Gasteiger charge is -2.66. The summed E-state index contributed by atoms with van der Waals surface area (Å²) < 4.78 is 18.2. The SMILES string of the molecule is CC(=O)O[C@H]1[C@@H]2O[C@]2([C@@H](C)[C@H]2CC(C)=C(C)C(=O)O2)[C@@]2(C)CC[C@H]3[C@@H](C[C@H](Cl)[C@]4(O)CC=CC(=O)[C@]34C)[C@@]12O. The highest BCUT2D eigenvalue weighted by Crippen LogP contribution is 2.77. The van der Waals surface area contributed by atoms with E-state index in [1.54, 1.807) is 19.9 Å². The highest BCUT2D eigenvalue weighted by Gasteiger charge is 2.90. The number of epoxide rings is 1. The molecule has 0 radical (unpaired) electrons. The summed E-state index contributed by atoms with van der Waals surface area (Å²) in [5, 5.41) is 24.0. The normalized spacial score (nSPS) is 52.7. The third-order valence-corrected chi connectivity index (χ3v) is 12.8. The van der Waals surface area contributed by atoms with Crippen LogP contribution in [0.1, 0.15) is 73.6 Å². The summed E-state index contributed by atoms with van der Waals surface area (Å²) in [6.07, 6.45) is 3.30. The number of aliphatic hydroxyl groups is 2. The van der Waals surface area contributed by atoms with Gasteiger partial charge in [-0.15, -0.1) is 11.6 Å². The molecule has 0 aromatic rings. The van der Waals surface area contributed by atoms with Gasteiger partial charge in [-0.25, -0.2) is 4.79 Å². The zero-order valence-corrected chi connectivity index (χ0v) is 24.2. The molecular weight excluding hydrogens is 524 g/mol. The summed E-state index contributed by atoms with van der Waals surface area (Å²) in [5.41, 5.74) is -4.43. The molecular formula is C30H39ClO8. The highest BCUT2D eigenvalue weighted by atomic mass is 35.5. The molecule has 12 atom stereocenters. The van der Waals surface area contributed by atoms with E-state index < -0.39 is 63.2 Å². The van der Waals surface area contributed by atoms with Gasteiger partial charge in [0.1, 0.15) is 23.4 Å². The van der Waals surface area contributed by atoms with Gasteiger partial charge in [0.25, 0.3) is 0 Å². The maximum absolute atomic E-state index is 13.5. The molecule has 0 aromatic carbocycles. The zero-order chi connectivity index (χ0) is 28.5. The summed E-state index contributed by atoms with van der Waals surface area (Å²) in [6, 6.07) is 0. The van der Waals surface area contributed by atoms with Crippen molar-refractivity contribution < 1.29 is 38.8 Å². The minimum atomic E-state index is -1.57. The second-order valence-electron chi connectivity index (χ2n) is 13.4. The first kappa shape index (κ1) is 27.4. The molecule has 6 rings (SSSR count). The number of ketones is 1. The molecule has 2 N–H and O–H groups in total. The quantitative estimate of drug-likeness (QED) is 0.305. The molecule has 0 unspecified atom stereocenters. The van der Waals surface area contributed by atoms with Crippen molar-refractivity contribution in [3.05, 3.63) is 23.3 Å². The average Bonchev–Trinajstić information content (AvgIpc) is 3.59. The Hall–Kier alpha value is -1.74. The molecule has 6 aliphatic rings. The van der Waals surface area contributed by atoms with Gasteiger partial charge in [-0.2, -0.15) is 0 Å². The number of cyclic esters (lactones) is 1. The van der Waals surface area contributed by atoms with E-state index in [4.69, 9.17) is 25.8 Å². The van der Waals surface area contributed by atoms with Gasteiger partial charge >= 0.3 is 11.9 Å². The first-order chi connectivity index (χ1) is 18.1. The lowest BCUT2D eigenvalue weighted by Crippen LogP contribution is -2.74. The molecule has 0 bridgehead atoms. The van der Waals surface area contributed by atoms with Crippen molar-refractivity contribution in [3.8, 4) is 0 Å². The van der Waals surface area contributed by atoms with Crippen LogP contribution < -0.4 is 0 Å². The molecule has 39 heavy (non-hydrogen) atoms. The number of fused-ring (bicyclic) bond motifs is 7. The predicted molar refractivity (Wildman–Crippen MR) is 141 cm³/mol. The molecule has 214 valence electrons. The van der Waals surface area contributed by atoms with Crippen LogP contribution in [0.15, 0.2) is 23.3 Å². The summed E-state index contributed by atoms with van der Waals surface area (Å²) in [6.45, 7) is 10.8. The number of ether oxygens (including phenoxy) is 3. The lowest BCUT2D eigenvalue weighted by atomic mass is 9.41. The minimum absolute atomic E-state index is 0.193. The molecule has 1 saturated heterocycles. The second kappa shape index (κ2) is 8.17. The topological polar surface area (TPSA) is 123 Å². The Balaban J connectivity index is 1.45. The number of alkyl halides is 1. The third-order valence-electron chi connectivity index (χ3n) is 12.2. The van der Waals surface area contributed by atoms with E-state index in [-0.39, 0.29) is 36.4 Å². The van der Waals surface area contributed by atoms with Gasteiger partial charge in [-0.05, 0) is 64.4 Å². The van der Waals surface area contributed by atoms with Crippen LogP contribution in [0.5, 0.6) is 0 Å². The van der Waals surface area contributed by atoms with Crippen LogP contribution in [-0.2, 0) is 28.6 Å². The number of halogens is 1. The summed E-state index contributed by atoms with van der Waals surface area (Å²) in [4.78, 5) is 38.5. The number of rotatable bonds is 3. The third kappa shape index (κ3) is 2.99. The number of esters is 2. The Morgan fingerprint density at radius 3 is 2.54 bits per heavy atom. The van der Waals surface area contributed by atoms with Gasteiger partial charge in [0.15, 0.2) is 11.9 Å². The maximum atomic E-state index is 13.5. The van der Waals surface area contributed by atoms with E-state index in [0.717, 1.165) is 5.57 Å². The van der Waals surface area contributed by atoms with Crippen molar-refractivity contribution in [2.75, 3.05) is 0 Å². The molecule has 2 heterocycles. The summed E-state index contributed by atoms with van der Waals surface area (Å²) in [5.74, 6) is -2.28. The van der Waals surface area contributed by atoms with E-state index in [1.807, 2.05) is 20.8 Å². The number of allylic oxidation sites excluding steroid dienone is 1. The standard InChI is InChI=1S/C30H39ClO8/c1-14-12-20(38-25(34)15(14)2)16(3)30-24(39-30)23(37-17(4)32)29(36)19-13-21(31)28(35)10-7-8-22(33)27(28,6)18(19)9-11-26(29,30)5/h7-8,16,18-21,23-24,35-36H,9-13H2,1-6H3/t16-,18-,19+,20+,21-,23-,24-,26-,27-,28+,29+,30-/m0/s1. The van der Waals surface area contributed by atoms with E-state index in [2.05, 4.69) is 0 Å². The first-order valence-corrected chi connectivity index (χ1v) is 14.6. The van der Waals surface area contributed by atoms with Crippen LogP contribution >= 0.6 is 11.6 Å². The van der Waals surface area contributed by atoms with Crippen molar-refractivity contribution >= 4 is 29.3 Å². The van der Waals surface area contributed by atoms with E-state index in [0.29, 0.717) is 24.8 Å². The van der Waals surface area contributed by atoms with Gasteiger partial charge in [0.2, 0.25) is 0 Å². The van der Waals surface area contributed by atoms with E-state index in [1.165, 1.54) is 13.0 Å². The molecule has 0 aromatic heterocycles. The summed E-state index contributed by atoms with van der Waals surface area (Å²) in [7, 11) is 0. The van der Waals surface area contributed by atoms with Gasteiger partial charge in [-0.3, -0.25) is 9.59 Å². The predicted octanol–water partition coefficient (Wildman–Crippen LogP) is 3.40. The largest absolute Gasteiger partial charge is 0.458 e.